The number of ether oxygens (including phenoxy) is 2. The Bertz CT molecular complexity index is 913. The predicted octanol–water partition coefficient (Wildman–Crippen LogP) is 5.01. The molecular weight excluding hydrogens is 434 g/mol. The highest BCUT2D eigenvalue weighted by Gasteiger charge is 2.43. The molecule has 1 aromatic rings. The molecule has 0 radical (unpaired) electrons. The molecule has 2 aliphatic rings. The Kier molecular flexibility index (Phi) is 6.22. The second-order valence-electron chi connectivity index (χ2n) is 8.46. The van der Waals surface area contributed by atoms with Crippen LogP contribution in [0, 0.1) is 5.41 Å². The molecule has 0 saturated heterocycles. The fourth-order valence-corrected chi connectivity index (χ4v) is 4.73. The van der Waals surface area contributed by atoms with E-state index in [9.17, 15) is 9.59 Å². The second-order valence-corrected chi connectivity index (χ2v) is 9.31. The van der Waals surface area contributed by atoms with Crippen molar-refractivity contribution in [3.63, 3.8) is 0 Å². The summed E-state index contributed by atoms with van der Waals surface area (Å²) in [7, 11) is 1.61. The summed E-state index contributed by atoms with van der Waals surface area (Å²) in [5, 5.41) is 3.35. The third-order valence-electron chi connectivity index (χ3n) is 5.41. The summed E-state index contributed by atoms with van der Waals surface area (Å²) in [5.74, 6) is -0.0582. The number of benzene rings is 1. The summed E-state index contributed by atoms with van der Waals surface area (Å²) in [6, 6.07) is 5.69. The highest BCUT2D eigenvalue weighted by Crippen LogP contribution is 2.47. The van der Waals surface area contributed by atoms with Gasteiger partial charge >= 0.3 is 5.97 Å². The zero-order valence-electron chi connectivity index (χ0n) is 17.6. The monoisotopic (exact) mass is 461 g/mol. The average Bonchev–Trinajstić information content (AvgIpc) is 2.63. The average molecular weight is 462 g/mol. The Labute approximate surface area is 180 Å². The van der Waals surface area contributed by atoms with Crippen molar-refractivity contribution >= 4 is 27.7 Å². The van der Waals surface area contributed by atoms with Crippen LogP contribution in [0.4, 0.5) is 0 Å². The van der Waals surface area contributed by atoms with Crippen LogP contribution in [0.2, 0.25) is 0 Å². The van der Waals surface area contributed by atoms with Crippen LogP contribution >= 0.6 is 15.9 Å². The normalized spacial score (nSPS) is 20.9. The maximum Gasteiger partial charge on any atom is 0.336 e. The Balaban J connectivity index is 2.16. The van der Waals surface area contributed by atoms with Crippen LogP contribution in [-0.4, -0.2) is 25.5 Å². The van der Waals surface area contributed by atoms with Gasteiger partial charge < -0.3 is 14.8 Å². The molecular formula is C23H28BrNO4. The fourth-order valence-electron chi connectivity index (χ4n) is 4.17. The Morgan fingerprint density at radius 3 is 2.66 bits per heavy atom. The second kappa shape index (κ2) is 8.34. The molecule has 3 rings (SSSR count). The standard InChI is InChI=1S/C23H28BrNO4/c1-6-9-29-22(27)19-13(2)25-16-11-23(3,4)12-17(26)21(16)20(19)14-7-8-18(28-5)15(24)10-14/h7-8,10,20,25H,6,9,11-12H2,1-5H3/t20-/m1/s1. The van der Waals surface area contributed by atoms with E-state index in [2.05, 4.69) is 35.1 Å². The lowest BCUT2D eigenvalue weighted by Crippen LogP contribution is -2.38. The molecule has 6 heteroatoms. The van der Waals surface area contributed by atoms with Gasteiger partial charge in [0.25, 0.3) is 0 Å². The Morgan fingerprint density at radius 2 is 2.03 bits per heavy atom. The number of Topliss-reactive ketones (excluding diaryl/α,β-unsaturated/α-hetero) is 1. The van der Waals surface area contributed by atoms with E-state index >= 15 is 0 Å². The molecule has 29 heavy (non-hydrogen) atoms. The van der Waals surface area contributed by atoms with E-state index in [0.717, 1.165) is 34.3 Å². The van der Waals surface area contributed by atoms with E-state index in [-0.39, 0.29) is 17.2 Å². The molecule has 1 aliphatic carbocycles. The van der Waals surface area contributed by atoms with Crippen molar-refractivity contribution in [3.05, 3.63) is 50.8 Å². The zero-order chi connectivity index (χ0) is 21.3. The van der Waals surface area contributed by atoms with Crippen LogP contribution in [0.5, 0.6) is 5.75 Å². The van der Waals surface area contributed by atoms with E-state index in [0.29, 0.717) is 29.9 Å². The number of hydrogen-bond donors (Lipinski definition) is 1. The molecule has 0 aromatic heterocycles. The van der Waals surface area contributed by atoms with Gasteiger partial charge in [-0.2, -0.15) is 0 Å². The van der Waals surface area contributed by atoms with Crippen LogP contribution in [0.15, 0.2) is 45.2 Å². The van der Waals surface area contributed by atoms with Gasteiger partial charge in [-0.25, -0.2) is 4.79 Å². The summed E-state index contributed by atoms with van der Waals surface area (Å²) >= 11 is 3.54. The lowest BCUT2D eigenvalue weighted by Gasteiger charge is -2.39. The van der Waals surface area contributed by atoms with Gasteiger partial charge in [-0.1, -0.05) is 26.8 Å². The predicted molar refractivity (Wildman–Crippen MR) is 116 cm³/mol. The third-order valence-corrected chi connectivity index (χ3v) is 6.03. The minimum Gasteiger partial charge on any atom is -0.496 e. The van der Waals surface area contributed by atoms with E-state index in [1.54, 1.807) is 7.11 Å². The molecule has 0 saturated carbocycles. The van der Waals surface area contributed by atoms with Gasteiger partial charge in [0.2, 0.25) is 0 Å². The topological polar surface area (TPSA) is 64.6 Å². The molecule has 156 valence electrons. The molecule has 1 aromatic carbocycles. The minimum absolute atomic E-state index is 0.0778. The fraction of sp³-hybridized carbons (Fsp3) is 0.478. The summed E-state index contributed by atoms with van der Waals surface area (Å²) < 4.78 is 11.6. The van der Waals surface area contributed by atoms with Crippen LogP contribution < -0.4 is 10.1 Å². The number of dihydropyridines is 1. The molecule has 1 aliphatic heterocycles. The highest BCUT2D eigenvalue weighted by atomic mass is 79.9. The number of nitrogens with one attached hydrogen (secondary N) is 1. The lowest BCUT2D eigenvalue weighted by molar-refractivity contribution is -0.139. The molecule has 0 amide bonds. The summed E-state index contributed by atoms with van der Waals surface area (Å²) in [6.07, 6.45) is 1.96. The minimum atomic E-state index is -0.457. The molecule has 5 nitrogen and oxygen atoms in total. The van der Waals surface area contributed by atoms with Gasteiger partial charge in [0, 0.05) is 29.3 Å². The van der Waals surface area contributed by atoms with E-state index in [1.807, 2.05) is 32.0 Å². The van der Waals surface area contributed by atoms with Crippen molar-refractivity contribution in [2.75, 3.05) is 13.7 Å². The summed E-state index contributed by atoms with van der Waals surface area (Å²) in [6.45, 7) is 8.38. The number of halogens is 1. The molecule has 1 heterocycles. The summed E-state index contributed by atoms with van der Waals surface area (Å²) in [5.41, 5.74) is 3.58. The molecule has 1 N–H and O–H groups in total. The van der Waals surface area contributed by atoms with Crippen molar-refractivity contribution in [2.24, 2.45) is 5.41 Å². The maximum atomic E-state index is 13.2. The smallest absolute Gasteiger partial charge is 0.336 e. The first-order valence-electron chi connectivity index (χ1n) is 9.93. The van der Waals surface area contributed by atoms with Crippen molar-refractivity contribution in [3.8, 4) is 5.75 Å². The van der Waals surface area contributed by atoms with Crippen molar-refractivity contribution < 1.29 is 19.1 Å². The van der Waals surface area contributed by atoms with E-state index in [4.69, 9.17) is 9.47 Å². The number of hydrogen-bond acceptors (Lipinski definition) is 5. The maximum absolute atomic E-state index is 13.2. The molecule has 0 fully saturated rings. The first-order valence-corrected chi connectivity index (χ1v) is 10.7. The van der Waals surface area contributed by atoms with Gasteiger partial charge in [-0.15, -0.1) is 0 Å². The number of allylic oxidation sites excluding steroid dienone is 3. The van der Waals surface area contributed by atoms with E-state index < -0.39 is 5.92 Å². The van der Waals surface area contributed by atoms with Crippen LogP contribution in [-0.2, 0) is 14.3 Å². The summed E-state index contributed by atoms with van der Waals surface area (Å²) in [4.78, 5) is 26.2. The first kappa shape index (κ1) is 21.6. The number of esters is 1. The number of methoxy groups -OCH3 is 1. The van der Waals surface area contributed by atoms with Crippen LogP contribution in [0.25, 0.3) is 0 Å². The van der Waals surface area contributed by atoms with Crippen molar-refractivity contribution in [1.82, 2.24) is 5.32 Å². The molecule has 0 bridgehead atoms. The van der Waals surface area contributed by atoms with Crippen LogP contribution in [0.3, 0.4) is 0 Å². The van der Waals surface area contributed by atoms with E-state index in [1.165, 1.54) is 0 Å². The largest absolute Gasteiger partial charge is 0.496 e. The van der Waals surface area contributed by atoms with Gasteiger partial charge in [0.1, 0.15) is 5.75 Å². The van der Waals surface area contributed by atoms with Crippen molar-refractivity contribution in [1.29, 1.82) is 0 Å². The Morgan fingerprint density at radius 1 is 1.31 bits per heavy atom. The number of carbonyl (C=O) groups excluding carboxylic acids is 2. The SMILES string of the molecule is CCCOC(=O)C1=C(C)NC2=C(C(=O)CC(C)(C)C2)[C@@H]1c1ccc(OC)c(Br)c1. The van der Waals surface area contributed by atoms with Crippen LogP contribution in [0.1, 0.15) is 58.4 Å². The van der Waals surface area contributed by atoms with Gasteiger partial charge in [0.05, 0.1) is 23.8 Å². The molecule has 0 unspecified atom stereocenters. The molecule has 1 atom stereocenters. The zero-order valence-corrected chi connectivity index (χ0v) is 19.2. The molecule has 0 spiro atoms. The number of rotatable bonds is 5. The highest BCUT2D eigenvalue weighted by molar-refractivity contribution is 9.10. The number of carbonyl (C=O) groups is 2. The third kappa shape index (κ3) is 4.27. The van der Waals surface area contributed by atoms with Gasteiger partial charge in [-0.3, -0.25) is 4.79 Å². The first-order chi connectivity index (χ1) is 13.7. The van der Waals surface area contributed by atoms with Gasteiger partial charge in [-0.05, 0) is 58.8 Å². The lowest BCUT2D eigenvalue weighted by atomic mass is 9.68. The Hall–Kier alpha value is -2.08. The number of ketones is 1. The van der Waals surface area contributed by atoms with Gasteiger partial charge in [0.15, 0.2) is 5.78 Å². The van der Waals surface area contributed by atoms with Crippen molar-refractivity contribution in [2.45, 2.75) is 52.9 Å². The quantitative estimate of drug-likeness (QED) is 0.623.